The topological polar surface area (TPSA) is 116 Å². The monoisotopic (exact) mass is 491 g/mol. The Morgan fingerprint density at radius 1 is 1.09 bits per heavy atom. The molecule has 2 amide bonds. The van der Waals surface area contributed by atoms with E-state index in [-0.39, 0.29) is 27.9 Å². The number of amides is 2. The molecule has 0 atom stereocenters. The Morgan fingerprint density at radius 3 is 2.42 bits per heavy atom. The quantitative estimate of drug-likeness (QED) is 0.311. The van der Waals surface area contributed by atoms with Gasteiger partial charge < -0.3 is 13.7 Å². The van der Waals surface area contributed by atoms with Gasteiger partial charge in [0.05, 0.1) is 18.6 Å². The van der Waals surface area contributed by atoms with Gasteiger partial charge in [0, 0.05) is 0 Å². The molecule has 174 valence electrons. The number of rotatable bonds is 8. The van der Waals surface area contributed by atoms with Gasteiger partial charge in [-0.25, -0.2) is 0 Å². The molecule has 0 saturated carbocycles. The van der Waals surface area contributed by atoms with E-state index < -0.39 is 33.8 Å². The van der Waals surface area contributed by atoms with E-state index in [9.17, 15) is 22.8 Å². The van der Waals surface area contributed by atoms with Crippen LogP contribution in [0.3, 0.4) is 0 Å². The summed E-state index contributed by atoms with van der Waals surface area (Å²) in [7, 11) is -2.74. The summed E-state index contributed by atoms with van der Waals surface area (Å²) in [5.41, 5.74) is 1.37. The maximum atomic E-state index is 12.6. The fraction of sp³-hybridized carbons (Fsp3) is 0.227. The highest BCUT2D eigenvalue weighted by molar-refractivity contribution is 8.18. The minimum atomic E-state index is -4.09. The molecule has 33 heavy (non-hydrogen) atoms. The second-order valence-corrected chi connectivity index (χ2v) is 9.37. The molecule has 0 aromatic heterocycles. The maximum Gasteiger partial charge on any atom is 0.339 e. The van der Waals surface area contributed by atoms with Crippen molar-refractivity contribution in [3.63, 3.8) is 0 Å². The lowest BCUT2D eigenvalue weighted by molar-refractivity contribution is -0.145. The lowest BCUT2D eigenvalue weighted by Crippen LogP contribution is -2.34. The van der Waals surface area contributed by atoms with Crippen LogP contribution in [0, 0.1) is 6.92 Å². The smallest absolute Gasteiger partial charge is 0.339 e. The number of methoxy groups -OCH3 is 1. The van der Waals surface area contributed by atoms with E-state index in [1.165, 1.54) is 43.5 Å². The van der Waals surface area contributed by atoms with Crippen molar-refractivity contribution in [3.8, 4) is 11.5 Å². The van der Waals surface area contributed by atoms with Crippen molar-refractivity contribution in [2.75, 3.05) is 20.3 Å². The molecular formula is C22H21NO8S2. The fourth-order valence-corrected chi connectivity index (χ4v) is 4.62. The Morgan fingerprint density at radius 2 is 1.79 bits per heavy atom. The highest BCUT2D eigenvalue weighted by atomic mass is 32.2. The molecule has 1 heterocycles. The predicted octanol–water partition coefficient (Wildman–Crippen LogP) is 3.37. The van der Waals surface area contributed by atoms with Crippen LogP contribution in [0.2, 0.25) is 0 Å². The standard InChI is InChI=1S/C22H21NO8S2/c1-4-30-20(24)13-23-21(25)19(32-22(23)26)12-15-7-10-17(18(11-15)29-3)31-33(27,28)16-8-5-14(2)6-9-16/h5-12H,4,13H2,1-3H3/b19-12-. The van der Waals surface area contributed by atoms with Crippen LogP contribution >= 0.6 is 11.8 Å². The Balaban J connectivity index is 1.82. The van der Waals surface area contributed by atoms with E-state index in [1.807, 2.05) is 6.92 Å². The van der Waals surface area contributed by atoms with E-state index in [0.717, 1.165) is 10.5 Å². The number of hydrogen-bond acceptors (Lipinski definition) is 9. The molecule has 3 rings (SSSR count). The van der Waals surface area contributed by atoms with Crippen LogP contribution in [-0.4, -0.2) is 50.7 Å². The van der Waals surface area contributed by atoms with Crippen LogP contribution in [0.25, 0.3) is 6.08 Å². The summed E-state index contributed by atoms with van der Waals surface area (Å²) in [6, 6.07) is 10.6. The Kier molecular flexibility index (Phi) is 7.44. The number of imide groups is 1. The van der Waals surface area contributed by atoms with Gasteiger partial charge in [0.1, 0.15) is 11.4 Å². The summed E-state index contributed by atoms with van der Waals surface area (Å²) < 4.78 is 40.4. The lowest BCUT2D eigenvalue weighted by Gasteiger charge is -2.12. The second-order valence-electron chi connectivity index (χ2n) is 6.83. The van der Waals surface area contributed by atoms with Gasteiger partial charge in [0.25, 0.3) is 11.1 Å². The first-order valence-corrected chi connectivity index (χ1v) is 12.0. The van der Waals surface area contributed by atoms with Gasteiger partial charge in [-0.05, 0) is 61.5 Å². The number of nitrogens with zero attached hydrogens (tertiary/aromatic N) is 1. The minimum Gasteiger partial charge on any atom is -0.493 e. The molecule has 0 aliphatic carbocycles. The van der Waals surface area contributed by atoms with Gasteiger partial charge in [0.15, 0.2) is 11.5 Å². The number of ether oxygens (including phenoxy) is 2. The maximum absolute atomic E-state index is 12.6. The first-order chi connectivity index (χ1) is 15.6. The Labute approximate surface area is 195 Å². The first kappa shape index (κ1) is 24.3. The van der Waals surface area contributed by atoms with Crippen LogP contribution in [0.1, 0.15) is 18.1 Å². The molecule has 0 N–H and O–H groups in total. The summed E-state index contributed by atoms with van der Waals surface area (Å²) in [5.74, 6) is -1.23. The number of carbonyl (C=O) groups is 3. The van der Waals surface area contributed by atoms with Crippen molar-refractivity contribution >= 4 is 45.1 Å². The number of carbonyl (C=O) groups excluding carboxylic acids is 3. The summed E-state index contributed by atoms with van der Waals surface area (Å²) >= 11 is 0.686. The van der Waals surface area contributed by atoms with Crippen molar-refractivity contribution in [1.82, 2.24) is 4.90 Å². The molecule has 0 unspecified atom stereocenters. The Hall–Kier alpha value is -3.31. The minimum absolute atomic E-state index is 0.00509. The largest absolute Gasteiger partial charge is 0.493 e. The van der Waals surface area contributed by atoms with Crippen LogP contribution < -0.4 is 8.92 Å². The zero-order valence-electron chi connectivity index (χ0n) is 18.1. The van der Waals surface area contributed by atoms with Gasteiger partial charge in [-0.2, -0.15) is 8.42 Å². The van der Waals surface area contributed by atoms with Crippen molar-refractivity contribution in [3.05, 3.63) is 58.5 Å². The molecule has 9 nitrogen and oxygen atoms in total. The summed E-state index contributed by atoms with van der Waals surface area (Å²) in [6.45, 7) is 3.13. The van der Waals surface area contributed by atoms with Crippen LogP contribution in [0.5, 0.6) is 11.5 Å². The number of aryl methyl sites for hydroxylation is 1. The molecule has 1 aliphatic rings. The number of benzene rings is 2. The van der Waals surface area contributed by atoms with Crippen molar-refractivity contribution in [2.45, 2.75) is 18.7 Å². The molecule has 1 aliphatic heterocycles. The average Bonchev–Trinajstić information content (AvgIpc) is 3.02. The third-order valence-electron chi connectivity index (χ3n) is 4.46. The highest BCUT2D eigenvalue weighted by Gasteiger charge is 2.36. The lowest BCUT2D eigenvalue weighted by atomic mass is 10.2. The molecule has 1 saturated heterocycles. The SMILES string of the molecule is CCOC(=O)CN1C(=O)S/C(=C\c2ccc(OS(=O)(=O)c3ccc(C)cc3)c(OC)c2)C1=O. The summed E-state index contributed by atoms with van der Waals surface area (Å²) in [6.07, 6.45) is 1.44. The zero-order valence-corrected chi connectivity index (χ0v) is 19.7. The number of esters is 1. The van der Waals surface area contributed by atoms with Gasteiger partial charge in [-0.15, -0.1) is 0 Å². The molecular weight excluding hydrogens is 470 g/mol. The van der Waals surface area contributed by atoms with Crippen molar-refractivity contribution < 1.29 is 36.5 Å². The third kappa shape index (κ3) is 5.74. The predicted molar refractivity (Wildman–Crippen MR) is 121 cm³/mol. The fourth-order valence-electron chi connectivity index (χ4n) is 2.84. The van der Waals surface area contributed by atoms with Crippen molar-refractivity contribution in [1.29, 1.82) is 0 Å². The number of hydrogen-bond donors (Lipinski definition) is 0. The van der Waals surface area contributed by atoms with E-state index in [2.05, 4.69) is 0 Å². The molecule has 0 spiro atoms. The van der Waals surface area contributed by atoms with E-state index in [4.69, 9.17) is 13.7 Å². The third-order valence-corrected chi connectivity index (χ3v) is 6.62. The highest BCUT2D eigenvalue weighted by Crippen LogP contribution is 2.35. The molecule has 1 fully saturated rings. The van der Waals surface area contributed by atoms with Gasteiger partial charge in [-0.3, -0.25) is 19.3 Å². The molecule has 0 radical (unpaired) electrons. The van der Waals surface area contributed by atoms with Gasteiger partial charge in [0.2, 0.25) is 0 Å². The zero-order chi connectivity index (χ0) is 24.2. The van der Waals surface area contributed by atoms with E-state index in [0.29, 0.717) is 17.3 Å². The van der Waals surface area contributed by atoms with Crippen LogP contribution in [-0.2, 0) is 24.4 Å². The molecule has 2 aromatic rings. The van der Waals surface area contributed by atoms with Gasteiger partial charge >= 0.3 is 16.1 Å². The average molecular weight is 492 g/mol. The summed E-state index contributed by atoms with van der Waals surface area (Å²) in [4.78, 5) is 37.2. The second kappa shape index (κ2) is 10.1. The number of thioether (sulfide) groups is 1. The summed E-state index contributed by atoms with van der Waals surface area (Å²) in [5, 5.41) is -0.588. The molecule has 2 aromatic carbocycles. The van der Waals surface area contributed by atoms with Crippen LogP contribution in [0.15, 0.2) is 52.3 Å². The molecule has 0 bridgehead atoms. The van der Waals surface area contributed by atoms with Crippen molar-refractivity contribution in [2.24, 2.45) is 0 Å². The molecule has 11 heteroatoms. The van der Waals surface area contributed by atoms with Gasteiger partial charge in [-0.1, -0.05) is 23.8 Å². The van der Waals surface area contributed by atoms with Crippen LogP contribution in [0.4, 0.5) is 4.79 Å². The van der Waals surface area contributed by atoms with E-state index >= 15 is 0 Å². The Bertz CT molecular complexity index is 1220. The van der Waals surface area contributed by atoms with E-state index in [1.54, 1.807) is 19.1 Å². The first-order valence-electron chi connectivity index (χ1n) is 9.74. The normalized spacial score (nSPS) is 15.1.